The first-order valence-corrected chi connectivity index (χ1v) is 10.2. The molecule has 0 saturated heterocycles. The van der Waals surface area contributed by atoms with E-state index in [1.165, 1.54) is 0 Å². The van der Waals surface area contributed by atoms with E-state index < -0.39 is 12.6 Å². The third kappa shape index (κ3) is 4.74. The Hall–Kier alpha value is -3.28. The molecule has 5 nitrogen and oxygen atoms in total. The van der Waals surface area contributed by atoms with Gasteiger partial charge in [0.25, 0.3) is 0 Å². The van der Waals surface area contributed by atoms with Crippen LogP contribution in [0.3, 0.4) is 0 Å². The molecular formula is C24H18Cl2N2O3. The number of hydrogen-bond acceptors (Lipinski definition) is 3. The molecule has 1 aromatic heterocycles. The maximum Gasteiger partial charge on any atom is 0.341 e. The van der Waals surface area contributed by atoms with E-state index in [0.717, 1.165) is 22.5 Å². The highest BCUT2D eigenvalue weighted by Crippen LogP contribution is 2.35. The largest absolute Gasteiger partial charge is 0.481 e. The lowest BCUT2D eigenvalue weighted by molar-refractivity contribution is -0.139. The molecule has 0 aliphatic heterocycles. The molecule has 0 unspecified atom stereocenters. The van der Waals surface area contributed by atoms with Crippen LogP contribution in [0.15, 0.2) is 72.8 Å². The predicted octanol–water partition coefficient (Wildman–Crippen LogP) is 6.28. The Labute approximate surface area is 189 Å². The van der Waals surface area contributed by atoms with Crippen LogP contribution in [0.4, 0.5) is 0 Å². The number of benzene rings is 3. The minimum Gasteiger partial charge on any atom is -0.481 e. The Bertz CT molecular complexity index is 1250. The van der Waals surface area contributed by atoms with Crippen LogP contribution < -0.4 is 4.74 Å². The quantitative estimate of drug-likeness (QED) is 0.373. The second-order valence-electron chi connectivity index (χ2n) is 7.00. The van der Waals surface area contributed by atoms with Crippen molar-refractivity contribution < 1.29 is 14.6 Å². The zero-order valence-corrected chi connectivity index (χ0v) is 18.1. The number of hydrogen-bond donors (Lipinski definition) is 1. The first-order chi connectivity index (χ1) is 14.9. The van der Waals surface area contributed by atoms with Gasteiger partial charge in [0.05, 0.1) is 17.1 Å². The van der Waals surface area contributed by atoms with Crippen LogP contribution in [0.1, 0.15) is 5.56 Å². The number of halogens is 2. The molecule has 0 aliphatic carbocycles. The Kier molecular flexibility index (Phi) is 5.98. The average Bonchev–Trinajstić information content (AvgIpc) is 3.18. The van der Waals surface area contributed by atoms with Gasteiger partial charge < -0.3 is 9.84 Å². The lowest BCUT2D eigenvalue weighted by Crippen LogP contribution is -2.10. The highest BCUT2D eigenvalue weighted by atomic mass is 35.5. The van der Waals surface area contributed by atoms with Gasteiger partial charge in [-0.1, -0.05) is 47.5 Å². The van der Waals surface area contributed by atoms with Crippen molar-refractivity contribution in [1.29, 1.82) is 0 Å². The van der Waals surface area contributed by atoms with E-state index in [0.29, 0.717) is 27.1 Å². The molecule has 156 valence electrons. The highest BCUT2D eigenvalue weighted by molar-refractivity contribution is 6.31. The summed E-state index contributed by atoms with van der Waals surface area (Å²) in [4.78, 5) is 11.0. The molecule has 0 atom stereocenters. The molecule has 0 amide bonds. The fraction of sp³-hybridized carbons (Fsp3) is 0.0833. The average molecular weight is 453 g/mol. The summed E-state index contributed by atoms with van der Waals surface area (Å²) in [6.45, 7) is 1.48. The van der Waals surface area contributed by atoms with E-state index in [1.54, 1.807) is 16.8 Å². The predicted molar refractivity (Wildman–Crippen MR) is 122 cm³/mol. The molecule has 4 rings (SSSR count). The maximum absolute atomic E-state index is 11.0. The first kappa shape index (κ1) is 21.0. The van der Waals surface area contributed by atoms with Crippen LogP contribution in [-0.2, 0) is 4.79 Å². The Balaban J connectivity index is 1.88. The number of nitrogens with zero attached hydrogens (tertiary/aromatic N) is 2. The number of ether oxygens (including phenoxy) is 1. The van der Waals surface area contributed by atoms with Gasteiger partial charge in [0.2, 0.25) is 0 Å². The molecular weight excluding hydrogens is 435 g/mol. The lowest BCUT2D eigenvalue weighted by Gasteiger charge is -2.09. The highest BCUT2D eigenvalue weighted by Gasteiger charge is 2.17. The fourth-order valence-electron chi connectivity index (χ4n) is 3.24. The number of aliphatic carboxylic acids is 1. The Morgan fingerprint density at radius 2 is 1.77 bits per heavy atom. The van der Waals surface area contributed by atoms with Gasteiger partial charge in [-0.05, 0) is 61.0 Å². The number of aromatic nitrogens is 2. The lowest BCUT2D eigenvalue weighted by atomic mass is 10.1. The normalized spacial score (nSPS) is 10.8. The van der Waals surface area contributed by atoms with Crippen LogP contribution in [0, 0.1) is 6.92 Å². The molecule has 0 bridgehead atoms. The second kappa shape index (κ2) is 8.84. The number of carboxylic acids is 1. The van der Waals surface area contributed by atoms with Crippen molar-refractivity contribution in [3.63, 3.8) is 0 Å². The molecule has 0 aliphatic rings. The summed E-state index contributed by atoms with van der Waals surface area (Å²) in [6.07, 6.45) is 0. The number of aryl methyl sites for hydroxylation is 1. The minimum absolute atomic E-state index is 0.435. The van der Waals surface area contributed by atoms with Gasteiger partial charge in [-0.2, -0.15) is 5.10 Å². The van der Waals surface area contributed by atoms with Crippen molar-refractivity contribution in [2.75, 3.05) is 6.61 Å². The van der Waals surface area contributed by atoms with Crippen molar-refractivity contribution >= 4 is 29.2 Å². The van der Waals surface area contributed by atoms with E-state index in [-0.39, 0.29) is 0 Å². The van der Waals surface area contributed by atoms with Crippen molar-refractivity contribution in [3.05, 3.63) is 88.4 Å². The number of carboxylic acid groups (broad SMARTS) is 1. The third-order valence-corrected chi connectivity index (χ3v) is 5.15. The van der Waals surface area contributed by atoms with Gasteiger partial charge in [-0.15, -0.1) is 0 Å². The summed E-state index contributed by atoms with van der Waals surface area (Å²) in [7, 11) is 0. The van der Waals surface area contributed by atoms with Crippen molar-refractivity contribution in [2.45, 2.75) is 6.92 Å². The van der Waals surface area contributed by atoms with E-state index in [4.69, 9.17) is 38.1 Å². The molecule has 0 spiro atoms. The van der Waals surface area contributed by atoms with Gasteiger partial charge in [0, 0.05) is 21.2 Å². The van der Waals surface area contributed by atoms with Crippen molar-refractivity contribution in [2.24, 2.45) is 0 Å². The Morgan fingerprint density at radius 1 is 1.00 bits per heavy atom. The summed E-state index contributed by atoms with van der Waals surface area (Å²) < 4.78 is 7.34. The Morgan fingerprint density at radius 3 is 2.48 bits per heavy atom. The number of rotatable bonds is 6. The SMILES string of the molecule is Cc1ccc(-c2cc(-c3ccc(Cl)cc3)n(-c3cccc(Cl)c3)n2)c(OCC(=O)O)c1. The van der Waals surface area contributed by atoms with Crippen molar-refractivity contribution in [3.8, 4) is 34.0 Å². The molecule has 3 aromatic carbocycles. The standard InChI is InChI=1S/C24H18Cl2N2O3/c1-15-5-10-20(23(11-15)31-14-24(29)30)21-13-22(16-6-8-17(25)9-7-16)28(27-21)19-4-2-3-18(26)12-19/h2-13H,14H2,1H3,(H,29,30). The molecule has 0 saturated carbocycles. The monoisotopic (exact) mass is 452 g/mol. The van der Waals surface area contributed by atoms with Crippen LogP contribution in [0.2, 0.25) is 10.0 Å². The molecule has 0 fully saturated rings. The molecule has 7 heteroatoms. The molecule has 1 N–H and O–H groups in total. The fourth-order valence-corrected chi connectivity index (χ4v) is 3.55. The van der Waals surface area contributed by atoms with Gasteiger partial charge in [0.1, 0.15) is 5.75 Å². The van der Waals surface area contributed by atoms with E-state index >= 15 is 0 Å². The van der Waals surface area contributed by atoms with Crippen molar-refractivity contribution in [1.82, 2.24) is 9.78 Å². The van der Waals surface area contributed by atoms with Crippen LogP contribution in [0.25, 0.3) is 28.2 Å². The van der Waals surface area contributed by atoms with Gasteiger partial charge >= 0.3 is 5.97 Å². The summed E-state index contributed by atoms with van der Waals surface area (Å²) >= 11 is 12.3. The van der Waals surface area contributed by atoms with Crippen LogP contribution in [0.5, 0.6) is 5.75 Å². The van der Waals surface area contributed by atoms with E-state index in [9.17, 15) is 4.79 Å². The first-order valence-electron chi connectivity index (χ1n) is 9.48. The molecule has 4 aromatic rings. The van der Waals surface area contributed by atoms with E-state index in [2.05, 4.69) is 0 Å². The smallest absolute Gasteiger partial charge is 0.341 e. The van der Waals surface area contributed by atoms with Gasteiger partial charge in [0.15, 0.2) is 6.61 Å². The molecule has 0 radical (unpaired) electrons. The van der Waals surface area contributed by atoms with Crippen LogP contribution in [-0.4, -0.2) is 27.5 Å². The summed E-state index contributed by atoms with van der Waals surface area (Å²) in [5.74, 6) is -0.584. The summed E-state index contributed by atoms with van der Waals surface area (Å²) in [6, 6.07) is 22.4. The second-order valence-corrected chi connectivity index (χ2v) is 7.87. The van der Waals surface area contributed by atoms with Gasteiger partial charge in [-0.3, -0.25) is 0 Å². The summed E-state index contributed by atoms with van der Waals surface area (Å²) in [5, 5.41) is 15.1. The molecule has 1 heterocycles. The third-order valence-electron chi connectivity index (χ3n) is 4.67. The zero-order valence-electron chi connectivity index (χ0n) is 16.5. The van der Waals surface area contributed by atoms with E-state index in [1.807, 2.05) is 67.6 Å². The maximum atomic E-state index is 11.0. The van der Waals surface area contributed by atoms with Gasteiger partial charge in [-0.25, -0.2) is 9.48 Å². The van der Waals surface area contributed by atoms with Crippen LogP contribution >= 0.6 is 23.2 Å². The number of carbonyl (C=O) groups is 1. The minimum atomic E-state index is -1.04. The summed E-state index contributed by atoms with van der Waals surface area (Å²) in [5.41, 5.74) is 4.84. The zero-order chi connectivity index (χ0) is 22.0. The topological polar surface area (TPSA) is 64.4 Å². The molecule has 31 heavy (non-hydrogen) atoms.